The van der Waals surface area contributed by atoms with Crippen LogP contribution in [-0.2, 0) is 29.1 Å². The van der Waals surface area contributed by atoms with Crippen LogP contribution in [0.2, 0.25) is 0 Å². The van der Waals surface area contributed by atoms with Crippen LogP contribution in [0.5, 0.6) is 5.88 Å². The summed E-state index contributed by atoms with van der Waals surface area (Å²) in [6, 6.07) is 22.3. The summed E-state index contributed by atoms with van der Waals surface area (Å²) < 4.78 is 7.77. The van der Waals surface area contributed by atoms with E-state index >= 15 is 0 Å². The lowest BCUT2D eigenvalue weighted by Gasteiger charge is -2.40. The second kappa shape index (κ2) is 14.4. The van der Waals surface area contributed by atoms with Crippen LogP contribution in [0.4, 0.5) is 0 Å². The zero-order valence-corrected chi connectivity index (χ0v) is 26.0. The number of fused-ring (bicyclic) bond motifs is 3. The first-order chi connectivity index (χ1) is 22.4. The monoisotopic (exact) mass is 621 g/mol. The minimum atomic E-state index is -0.863. The number of aromatic nitrogens is 4. The first kappa shape index (κ1) is 30.9. The fourth-order valence-corrected chi connectivity index (χ4v) is 6.33. The van der Waals surface area contributed by atoms with E-state index in [0.29, 0.717) is 57.7 Å². The third-order valence-corrected chi connectivity index (χ3v) is 8.86. The average molecular weight is 622 g/mol. The minimum absolute atomic E-state index is 0.0430. The Morgan fingerprint density at radius 2 is 1.76 bits per heavy atom. The quantitative estimate of drug-likeness (QED) is 0.320. The van der Waals surface area contributed by atoms with E-state index < -0.39 is 11.9 Å². The number of hydrogen-bond donors (Lipinski definition) is 1. The van der Waals surface area contributed by atoms with Crippen LogP contribution < -0.4 is 10.1 Å². The van der Waals surface area contributed by atoms with E-state index in [4.69, 9.17) is 4.74 Å². The van der Waals surface area contributed by atoms with E-state index in [0.717, 1.165) is 11.1 Å². The van der Waals surface area contributed by atoms with E-state index in [-0.39, 0.29) is 41.5 Å². The summed E-state index contributed by atoms with van der Waals surface area (Å²) in [6.45, 7) is 2.39. The molecule has 3 amide bonds. The molecule has 2 aromatic heterocycles. The van der Waals surface area contributed by atoms with Gasteiger partial charge in [0, 0.05) is 51.9 Å². The van der Waals surface area contributed by atoms with Gasteiger partial charge >= 0.3 is 0 Å². The average Bonchev–Trinajstić information content (AvgIpc) is 3.51. The number of nitrogens with zero attached hydrogens (tertiary/aromatic N) is 6. The molecule has 46 heavy (non-hydrogen) atoms. The zero-order chi connectivity index (χ0) is 31.9. The molecule has 1 saturated heterocycles. The Hall–Kier alpha value is -5.06. The Morgan fingerprint density at radius 3 is 2.54 bits per heavy atom. The zero-order valence-electron chi connectivity index (χ0n) is 26.0. The van der Waals surface area contributed by atoms with E-state index in [9.17, 15) is 14.4 Å². The molecule has 2 aromatic carbocycles. The van der Waals surface area contributed by atoms with Gasteiger partial charge in [-0.1, -0.05) is 65.9 Å². The Morgan fingerprint density at radius 1 is 1.00 bits per heavy atom. The highest BCUT2D eigenvalue weighted by molar-refractivity contribution is 5.99. The van der Waals surface area contributed by atoms with Gasteiger partial charge in [-0.15, -0.1) is 5.10 Å². The number of ether oxygens (including phenoxy) is 1. The SMILES string of the molecule is CN(Cc1ccccc1)C(=O)C[C@@H]1CCN2C[C@@H]1CCOc1ncccc1C(=O)N[C@H](Cc1cn(Cc3ccccc3)nn1)C2=O. The van der Waals surface area contributed by atoms with Gasteiger partial charge < -0.3 is 19.9 Å². The number of piperidine rings is 1. The van der Waals surface area contributed by atoms with Crippen LogP contribution in [0.15, 0.2) is 85.2 Å². The summed E-state index contributed by atoms with van der Waals surface area (Å²) in [6.07, 6.45) is 5.29. The maximum Gasteiger partial charge on any atom is 0.257 e. The number of benzene rings is 2. The molecule has 1 N–H and O–H groups in total. The second-order valence-corrected chi connectivity index (χ2v) is 12.1. The highest BCUT2D eigenvalue weighted by Gasteiger charge is 2.37. The molecule has 0 aliphatic carbocycles. The first-order valence-corrected chi connectivity index (χ1v) is 15.8. The van der Waals surface area contributed by atoms with Crippen LogP contribution >= 0.6 is 0 Å². The number of nitrogens with one attached hydrogen (secondary N) is 1. The first-order valence-electron chi connectivity index (χ1n) is 15.8. The predicted octanol–water partition coefficient (Wildman–Crippen LogP) is 3.36. The fraction of sp³-hybridized carbons (Fsp3) is 0.371. The summed E-state index contributed by atoms with van der Waals surface area (Å²) in [7, 11) is 1.84. The molecule has 3 atom stereocenters. The maximum absolute atomic E-state index is 14.1. The normalized spacial score (nSPS) is 20.0. The molecule has 0 unspecified atom stereocenters. The van der Waals surface area contributed by atoms with E-state index in [2.05, 4.69) is 20.6 Å². The molecule has 11 nitrogen and oxygen atoms in total. The molecular weight excluding hydrogens is 582 g/mol. The van der Waals surface area contributed by atoms with E-state index in [1.165, 1.54) is 0 Å². The van der Waals surface area contributed by atoms with Crippen LogP contribution in [0.1, 0.15) is 46.4 Å². The lowest BCUT2D eigenvalue weighted by Crippen LogP contribution is -2.54. The molecule has 2 bridgehead atoms. The number of carbonyl (C=O) groups excluding carboxylic acids is 3. The maximum atomic E-state index is 14.1. The second-order valence-electron chi connectivity index (χ2n) is 12.1. The van der Waals surface area contributed by atoms with Gasteiger partial charge in [-0.05, 0) is 47.9 Å². The number of pyridine rings is 1. The van der Waals surface area contributed by atoms with Crippen LogP contribution in [-0.4, -0.2) is 80.3 Å². The highest BCUT2D eigenvalue weighted by atomic mass is 16.5. The summed E-state index contributed by atoms with van der Waals surface area (Å²) >= 11 is 0. The molecule has 0 spiro atoms. The van der Waals surface area contributed by atoms with Crippen LogP contribution in [0.3, 0.4) is 0 Å². The van der Waals surface area contributed by atoms with E-state index in [1.54, 1.807) is 27.9 Å². The Labute approximate surface area is 268 Å². The van der Waals surface area contributed by atoms with Crippen molar-refractivity contribution in [1.29, 1.82) is 0 Å². The van der Waals surface area contributed by atoms with Crippen molar-refractivity contribution in [3.05, 3.63) is 108 Å². The molecule has 4 aromatic rings. The van der Waals surface area contributed by atoms with E-state index in [1.807, 2.05) is 78.8 Å². The van der Waals surface area contributed by atoms with Gasteiger partial charge in [-0.25, -0.2) is 9.67 Å². The standard InChI is InChI=1S/C35H39N7O4/c1-40(21-25-9-4-2-5-10-25)32(43)19-27-14-17-41-23-28(27)15-18-46-34-30(13-8-16-36-34)33(44)37-31(35(41)45)20-29-24-42(39-38-29)22-26-11-6-3-7-12-26/h2-13,16,24,27-28,31H,14-15,17-23H2,1H3,(H,37,44)/t27-,28-,31+/m0/s1. The summed E-state index contributed by atoms with van der Waals surface area (Å²) in [5.41, 5.74) is 3.03. The molecule has 2 aliphatic rings. The van der Waals surface area contributed by atoms with Gasteiger partial charge in [0.15, 0.2) is 0 Å². The highest BCUT2D eigenvalue weighted by Crippen LogP contribution is 2.31. The molecule has 4 heterocycles. The molecule has 6 rings (SSSR count). The minimum Gasteiger partial charge on any atom is -0.477 e. The van der Waals surface area contributed by atoms with Crippen molar-refractivity contribution in [1.82, 2.24) is 35.1 Å². The van der Waals surface area contributed by atoms with Gasteiger partial charge in [0.25, 0.3) is 5.91 Å². The van der Waals surface area contributed by atoms with Crippen molar-refractivity contribution in [2.75, 3.05) is 26.7 Å². The largest absolute Gasteiger partial charge is 0.477 e. The molecule has 2 aliphatic heterocycles. The van der Waals surface area contributed by atoms with Crippen molar-refractivity contribution in [3.8, 4) is 5.88 Å². The van der Waals surface area contributed by atoms with Crippen molar-refractivity contribution >= 4 is 17.7 Å². The van der Waals surface area contributed by atoms with Crippen LogP contribution in [0, 0.1) is 11.8 Å². The van der Waals surface area contributed by atoms with Gasteiger partial charge in [-0.3, -0.25) is 14.4 Å². The third-order valence-electron chi connectivity index (χ3n) is 8.86. The molecule has 0 radical (unpaired) electrons. The third kappa shape index (κ3) is 7.59. The summed E-state index contributed by atoms with van der Waals surface area (Å²) in [5.74, 6) is -0.164. The Kier molecular flexibility index (Phi) is 9.66. The predicted molar refractivity (Wildman–Crippen MR) is 171 cm³/mol. The molecule has 238 valence electrons. The van der Waals surface area contributed by atoms with Gasteiger partial charge in [0.05, 0.1) is 18.8 Å². The van der Waals surface area contributed by atoms with Gasteiger partial charge in [0.1, 0.15) is 11.6 Å². The lowest BCUT2D eigenvalue weighted by molar-refractivity contribution is -0.137. The van der Waals surface area contributed by atoms with Crippen molar-refractivity contribution < 1.29 is 19.1 Å². The molecular formula is C35H39N7O4. The number of carbonyl (C=O) groups is 3. The number of rotatable bonds is 8. The van der Waals surface area contributed by atoms with Crippen molar-refractivity contribution in [2.45, 2.75) is 44.8 Å². The fourth-order valence-electron chi connectivity index (χ4n) is 6.33. The van der Waals surface area contributed by atoms with Gasteiger partial charge in [-0.2, -0.15) is 0 Å². The lowest BCUT2D eigenvalue weighted by atomic mass is 9.80. The Bertz CT molecular complexity index is 1640. The van der Waals surface area contributed by atoms with Gasteiger partial charge in [0.2, 0.25) is 17.7 Å². The molecule has 11 heteroatoms. The Balaban J connectivity index is 1.19. The molecule has 0 saturated carbocycles. The number of amides is 3. The van der Waals surface area contributed by atoms with Crippen molar-refractivity contribution in [3.63, 3.8) is 0 Å². The van der Waals surface area contributed by atoms with Crippen molar-refractivity contribution in [2.24, 2.45) is 11.8 Å². The van der Waals surface area contributed by atoms with Crippen LogP contribution in [0.25, 0.3) is 0 Å². The smallest absolute Gasteiger partial charge is 0.257 e. The topological polar surface area (TPSA) is 123 Å². The summed E-state index contributed by atoms with van der Waals surface area (Å²) in [4.78, 5) is 48.8. The molecule has 1 fully saturated rings. The number of hydrogen-bond acceptors (Lipinski definition) is 7. The summed E-state index contributed by atoms with van der Waals surface area (Å²) in [5, 5.41) is 11.5.